The molecule has 1 aliphatic rings. The van der Waals surface area contributed by atoms with E-state index in [1.807, 2.05) is 0 Å². The van der Waals surface area contributed by atoms with E-state index in [1.165, 1.54) is 12.1 Å². The van der Waals surface area contributed by atoms with Crippen LogP contribution in [0.3, 0.4) is 0 Å². The Labute approximate surface area is 142 Å². The highest BCUT2D eigenvalue weighted by atomic mass is 19.1. The SMILES string of the molecule is Cc1ccc(F)c(NC2CCCC2CNC(=O)OC(C)(C)C)c1F. The minimum atomic E-state index is -0.594. The number of amides is 1. The third kappa shape index (κ3) is 4.82. The van der Waals surface area contributed by atoms with Gasteiger partial charge in [0.25, 0.3) is 0 Å². The summed E-state index contributed by atoms with van der Waals surface area (Å²) in [6, 6.07) is 2.61. The van der Waals surface area contributed by atoms with E-state index in [0.717, 1.165) is 19.3 Å². The number of hydrogen-bond donors (Lipinski definition) is 2. The molecule has 1 amide bonds. The van der Waals surface area contributed by atoms with Crippen LogP contribution in [-0.2, 0) is 4.74 Å². The summed E-state index contributed by atoms with van der Waals surface area (Å²) in [7, 11) is 0. The number of alkyl carbamates (subject to hydrolysis) is 1. The summed E-state index contributed by atoms with van der Waals surface area (Å²) in [5, 5.41) is 5.75. The first-order chi connectivity index (χ1) is 11.2. The summed E-state index contributed by atoms with van der Waals surface area (Å²) in [6.07, 6.45) is 2.18. The maximum atomic E-state index is 14.2. The minimum Gasteiger partial charge on any atom is -0.444 e. The molecule has 1 aromatic rings. The van der Waals surface area contributed by atoms with Gasteiger partial charge in [-0.2, -0.15) is 0 Å². The summed E-state index contributed by atoms with van der Waals surface area (Å²) in [5.74, 6) is -1.04. The molecule has 2 rings (SSSR count). The zero-order valence-corrected chi connectivity index (χ0v) is 14.7. The maximum absolute atomic E-state index is 14.2. The van der Waals surface area contributed by atoms with Crippen LogP contribution in [0.25, 0.3) is 0 Å². The van der Waals surface area contributed by atoms with Crippen LogP contribution in [0, 0.1) is 24.5 Å². The summed E-state index contributed by atoms with van der Waals surface area (Å²) < 4.78 is 33.3. The van der Waals surface area contributed by atoms with Gasteiger partial charge in [0.15, 0.2) is 5.82 Å². The van der Waals surface area contributed by atoms with Crippen molar-refractivity contribution in [2.75, 3.05) is 11.9 Å². The van der Waals surface area contributed by atoms with E-state index < -0.39 is 23.3 Å². The average molecular weight is 340 g/mol. The number of nitrogens with one attached hydrogen (secondary N) is 2. The van der Waals surface area contributed by atoms with Gasteiger partial charge in [-0.05, 0) is 58.1 Å². The molecule has 1 aliphatic carbocycles. The number of rotatable bonds is 4. The molecule has 0 saturated heterocycles. The van der Waals surface area contributed by atoms with Gasteiger partial charge < -0.3 is 15.4 Å². The second-order valence-corrected chi connectivity index (χ2v) is 7.38. The van der Waals surface area contributed by atoms with E-state index in [2.05, 4.69) is 10.6 Å². The molecule has 4 nitrogen and oxygen atoms in total. The Morgan fingerprint density at radius 3 is 2.67 bits per heavy atom. The lowest BCUT2D eigenvalue weighted by molar-refractivity contribution is 0.0519. The largest absolute Gasteiger partial charge is 0.444 e. The van der Waals surface area contributed by atoms with Crippen molar-refractivity contribution in [3.8, 4) is 0 Å². The van der Waals surface area contributed by atoms with Crippen molar-refractivity contribution in [3.63, 3.8) is 0 Å². The highest BCUT2D eigenvalue weighted by Gasteiger charge is 2.29. The highest BCUT2D eigenvalue weighted by Crippen LogP contribution is 2.31. The van der Waals surface area contributed by atoms with Gasteiger partial charge in [-0.3, -0.25) is 0 Å². The molecule has 0 heterocycles. The summed E-state index contributed by atoms with van der Waals surface area (Å²) in [5.41, 5.74) is -0.227. The first kappa shape index (κ1) is 18.5. The number of halogens is 2. The molecular weight excluding hydrogens is 314 g/mol. The van der Waals surface area contributed by atoms with E-state index in [-0.39, 0.29) is 17.6 Å². The van der Waals surface area contributed by atoms with E-state index in [4.69, 9.17) is 4.74 Å². The molecule has 0 aromatic heterocycles. The van der Waals surface area contributed by atoms with Crippen LogP contribution < -0.4 is 10.6 Å². The first-order valence-electron chi connectivity index (χ1n) is 8.35. The van der Waals surface area contributed by atoms with Gasteiger partial charge in [-0.15, -0.1) is 0 Å². The van der Waals surface area contributed by atoms with E-state index in [1.54, 1.807) is 27.7 Å². The van der Waals surface area contributed by atoms with Gasteiger partial charge >= 0.3 is 6.09 Å². The highest BCUT2D eigenvalue weighted by molar-refractivity contribution is 5.67. The number of anilines is 1. The number of aryl methyl sites for hydroxylation is 1. The molecule has 2 atom stereocenters. The van der Waals surface area contributed by atoms with Crippen LogP contribution in [-0.4, -0.2) is 24.3 Å². The van der Waals surface area contributed by atoms with Gasteiger partial charge in [0.1, 0.15) is 17.1 Å². The lowest BCUT2D eigenvalue weighted by Gasteiger charge is -2.24. The Morgan fingerprint density at radius 2 is 2.00 bits per heavy atom. The third-order valence-electron chi connectivity index (χ3n) is 4.18. The molecule has 1 saturated carbocycles. The number of benzene rings is 1. The monoisotopic (exact) mass is 340 g/mol. The zero-order valence-electron chi connectivity index (χ0n) is 14.7. The smallest absolute Gasteiger partial charge is 0.407 e. The van der Waals surface area contributed by atoms with Gasteiger partial charge in [-0.1, -0.05) is 12.5 Å². The fourth-order valence-corrected chi connectivity index (χ4v) is 2.97. The Hall–Kier alpha value is -1.85. The lowest BCUT2D eigenvalue weighted by Crippen LogP contribution is -2.38. The van der Waals surface area contributed by atoms with Crippen LogP contribution in [0.15, 0.2) is 12.1 Å². The molecule has 2 unspecified atom stereocenters. The van der Waals surface area contributed by atoms with Crippen LogP contribution in [0.2, 0.25) is 0 Å². The van der Waals surface area contributed by atoms with Gasteiger partial charge in [0.2, 0.25) is 0 Å². The van der Waals surface area contributed by atoms with Crippen molar-refractivity contribution >= 4 is 11.8 Å². The van der Waals surface area contributed by atoms with Gasteiger partial charge in [-0.25, -0.2) is 13.6 Å². The molecule has 0 spiro atoms. The number of carbonyl (C=O) groups excluding carboxylic acids is 1. The average Bonchev–Trinajstić information content (AvgIpc) is 2.91. The van der Waals surface area contributed by atoms with Crippen molar-refractivity contribution in [1.29, 1.82) is 0 Å². The standard InChI is InChI=1S/C18H26F2N2O2/c1-11-8-9-13(19)16(15(11)20)22-14-7-5-6-12(14)10-21-17(23)24-18(2,3)4/h8-9,12,14,22H,5-7,10H2,1-4H3,(H,21,23). The van der Waals surface area contributed by atoms with Crippen LogP contribution in [0.5, 0.6) is 0 Å². The van der Waals surface area contributed by atoms with Crippen LogP contribution in [0.1, 0.15) is 45.6 Å². The molecule has 24 heavy (non-hydrogen) atoms. The van der Waals surface area contributed by atoms with Crippen molar-refractivity contribution in [1.82, 2.24) is 5.32 Å². The topological polar surface area (TPSA) is 50.4 Å². The van der Waals surface area contributed by atoms with Gasteiger partial charge in [0.05, 0.1) is 0 Å². The molecule has 0 bridgehead atoms. The van der Waals surface area contributed by atoms with Crippen LogP contribution in [0.4, 0.5) is 19.3 Å². The zero-order chi connectivity index (χ0) is 17.9. The third-order valence-corrected chi connectivity index (χ3v) is 4.18. The van der Waals surface area contributed by atoms with Crippen molar-refractivity contribution in [3.05, 3.63) is 29.3 Å². The molecule has 0 aliphatic heterocycles. The lowest BCUT2D eigenvalue weighted by atomic mass is 10.0. The predicted octanol–water partition coefficient (Wildman–Crippen LogP) is 4.38. The van der Waals surface area contributed by atoms with E-state index >= 15 is 0 Å². The second-order valence-electron chi connectivity index (χ2n) is 7.38. The summed E-state index contributed by atoms with van der Waals surface area (Å²) >= 11 is 0. The molecule has 0 radical (unpaired) electrons. The molecule has 2 N–H and O–H groups in total. The number of hydrogen-bond acceptors (Lipinski definition) is 3. The molecule has 6 heteroatoms. The fourth-order valence-electron chi connectivity index (χ4n) is 2.97. The number of ether oxygens (including phenoxy) is 1. The quantitative estimate of drug-likeness (QED) is 0.855. The Kier molecular flexibility index (Phi) is 5.67. The predicted molar refractivity (Wildman–Crippen MR) is 90.1 cm³/mol. The van der Waals surface area contributed by atoms with Crippen molar-refractivity contribution in [2.24, 2.45) is 5.92 Å². The Balaban J connectivity index is 1.97. The van der Waals surface area contributed by atoms with E-state index in [9.17, 15) is 13.6 Å². The maximum Gasteiger partial charge on any atom is 0.407 e. The fraction of sp³-hybridized carbons (Fsp3) is 0.611. The van der Waals surface area contributed by atoms with Crippen LogP contribution >= 0.6 is 0 Å². The Morgan fingerprint density at radius 1 is 1.29 bits per heavy atom. The van der Waals surface area contributed by atoms with Crippen molar-refractivity contribution in [2.45, 2.75) is 58.6 Å². The molecule has 134 valence electrons. The Bertz CT molecular complexity index is 599. The van der Waals surface area contributed by atoms with Gasteiger partial charge in [0, 0.05) is 12.6 Å². The molecule has 1 fully saturated rings. The second kappa shape index (κ2) is 7.36. The minimum absolute atomic E-state index is 0.0780. The van der Waals surface area contributed by atoms with E-state index in [0.29, 0.717) is 12.1 Å². The summed E-state index contributed by atoms with van der Waals surface area (Å²) in [6.45, 7) is 7.43. The van der Waals surface area contributed by atoms with Crippen molar-refractivity contribution < 1.29 is 18.3 Å². The normalized spacial score (nSPS) is 20.8. The number of carbonyl (C=O) groups is 1. The molecular formula is C18H26F2N2O2. The first-order valence-corrected chi connectivity index (χ1v) is 8.35. The molecule has 1 aromatic carbocycles. The summed E-state index contributed by atoms with van der Waals surface area (Å²) in [4.78, 5) is 11.8.